The smallest absolute Gasteiger partial charge is 0.335 e. The van der Waals surface area contributed by atoms with E-state index in [1.807, 2.05) is 0 Å². The summed E-state index contributed by atoms with van der Waals surface area (Å²) < 4.78 is 0. The van der Waals surface area contributed by atoms with Crippen molar-refractivity contribution in [3.05, 3.63) is 28.8 Å². The first-order valence-electron chi connectivity index (χ1n) is 7.16. The van der Waals surface area contributed by atoms with Crippen LogP contribution in [0.15, 0.2) is 12.1 Å². The van der Waals surface area contributed by atoms with Gasteiger partial charge in [-0.1, -0.05) is 13.8 Å². The van der Waals surface area contributed by atoms with Gasteiger partial charge in [0.1, 0.15) is 5.75 Å². The number of benzene rings is 1. The molecule has 0 spiro atoms. The van der Waals surface area contributed by atoms with Gasteiger partial charge in [-0.05, 0) is 54.7 Å². The largest absolute Gasteiger partial charge is 0.508 e. The van der Waals surface area contributed by atoms with Crippen molar-refractivity contribution in [1.82, 2.24) is 0 Å². The second kappa shape index (κ2) is 5.83. The minimum absolute atomic E-state index is 0.0910. The summed E-state index contributed by atoms with van der Waals surface area (Å²) in [5.74, 6) is -0.207. The minimum Gasteiger partial charge on any atom is -0.508 e. The van der Waals surface area contributed by atoms with Crippen molar-refractivity contribution < 1.29 is 20.1 Å². The Morgan fingerprint density at radius 2 is 2.10 bits per heavy atom. The summed E-state index contributed by atoms with van der Waals surface area (Å²) in [5, 5.41) is 28.4. The zero-order valence-electron chi connectivity index (χ0n) is 12.0. The van der Waals surface area contributed by atoms with E-state index in [9.17, 15) is 9.90 Å². The number of aromatic hydroxyl groups is 1. The molecule has 1 aliphatic rings. The maximum Gasteiger partial charge on any atom is 0.335 e. The van der Waals surface area contributed by atoms with E-state index in [-0.39, 0.29) is 35.7 Å². The molecule has 3 N–H and O–H groups in total. The molecule has 3 unspecified atom stereocenters. The molecule has 1 aliphatic carbocycles. The number of rotatable bonds is 4. The summed E-state index contributed by atoms with van der Waals surface area (Å²) >= 11 is 0. The van der Waals surface area contributed by atoms with E-state index in [1.54, 1.807) is 6.07 Å². The summed E-state index contributed by atoms with van der Waals surface area (Å²) in [6.45, 7) is 4.27. The highest BCUT2D eigenvalue weighted by molar-refractivity contribution is 5.88. The Morgan fingerprint density at radius 1 is 1.40 bits per heavy atom. The van der Waals surface area contributed by atoms with E-state index in [0.29, 0.717) is 6.42 Å². The van der Waals surface area contributed by atoms with Crippen molar-refractivity contribution in [3.8, 4) is 5.75 Å². The zero-order chi connectivity index (χ0) is 14.9. The second-order valence-corrected chi connectivity index (χ2v) is 5.88. The Kier molecular flexibility index (Phi) is 4.33. The number of phenolic OH excluding ortho intramolecular Hbond substituents is 1. The van der Waals surface area contributed by atoms with Crippen LogP contribution in [0.4, 0.5) is 0 Å². The number of carboxylic acids is 1. The van der Waals surface area contributed by atoms with Gasteiger partial charge in [-0.2, -0.15) is 0 Å². The van der Waals surface area contributed by atoms with E-state index in [1.165, 1.54) is 6.07 Å². The number of hydrogen-bond donors (Lipinski definition) is 3. The molecule has 1 aromatic rings. The van der Waals surface area contributed by atoms with Crippen LogP contribution >= 0.6 is 0 Å². The van der Waals surface area contributed by atoms with Crippen LogP contribution in [0.5, 0.6) is 5.75 Å². The Bertz CT molecular complexity index is 509. The van der Waals surface area contributed by atoms with Crippen LogP contribution < -0.4 is 0 Å². The standard InChI is InChI=1S/C16H22O4/c1-9(5-6-17)12-4-3-10(2)15-13(12)7-11(16(19)20)8-14(15)18/h7-10,12,17-18H,3-6H2,1-2H3,(H,19,20). The third-order valence-corrected chi connectivity index (χ3v) is 4.51. The molecule has 0 amide bonds. The van der Waals surface area contributed by atoms with Gasteiger partial charge in [0.2, 0.25) is 0 Å². The molecule has 0 saturated heterocycles. The van der Waals surface area contributed by atoms with E-state index in [2.05, 4.69) is 13.8 Å². The molecule has 20 heavy (non-hydrogen) atoms. The molecular weight excluding hydrogens is 256 g/mol. The Labute approximate surface area is 119 Å². The molecule has 4 nitrogen and oxygen atoms in total. The number of phenols is 1. The molecule has 0 fully saturated rings. The van der Waals surface area contributed by atoms with Crippen LogP contribution in [0, 0.1) is 5.92 Å². The highest BCUT2D eigenvalue weighted by atomic mass is 16.4. The summed E-state index contributed by atoms with van der Waals surface area (Å²) in [5.41, 5.74) is 1.97. The maximum absolute atomic E-state index is 11.2. The van der Waals surface area contributed by atoms with E-state index in [4.69, 9.17) is 10.2 Å². The zero-order valence-corrected chi connectivity index (χ0v) is 12.0. The van der Waals surface area contributed by atoms with Crippen molar-refractivity contribution in [3.63, 3.8) is 0 Å². The molecule has 2 rings (SSSR count). The first kappa shape index (κ1) is 14.9. The Balaban J connectivity index is 2.50. The van der Waals surface area contributed by atoms with Crippen LogP contribution in [-0.2, 0) is 0 Å². The maximum atomic E-state index is 11.2. The lowest BCUT2D eigenvalue weighted by atomic mass is 9.71. The molecule has 110 valence electrons. The van der Waals surface area contributed by atoms with Crippen LogP contribution in [0.1, 0.15) is 66.4 Å². The lowest BCUT2D eigenvalue weighted by Gasteiger charge is -2.34. The SMILES string of the molecule is CC1CCC(C(C)CCO)c2cc(C(=O)O)cc(O)c21. The molecule has 1 aromatic carbocycles. The van der Waals surface area contributed by atoms with Crippen LogP contribution in [0.2, 0.25) is 0 Å². The van der Waals surface area contributed by atoms with Crippen molar-refractivity contribution in [2.75, 3.05) is 6.61 Å². The van der Waals surface area contributed by atoms with Gasteiger partial charge in [0.25, 0.3) is 0 Å². The first-order valence-corrected chi connectivity index (χ1v) is 7.16. The molecule has 0 saturated carbocycles. The minimum atomic E-state index is -1.02. The monoisotopic (exact) mass is 278 g/mol. The second-order valence-electron chi connectivity index (χ2n) is 5.88. The van der Waals surface area contributed by atoms with E-state index in [0.717, 1.165) is 24.0 Å². The lowest BCUT2D eigenvalue weighted by Crippen LogP contribution is -2.20. The number of hydrogen-bond acceptors (Lipinski definition) is 3. The third kappa shape index (κ3) is 2.66. The number of aliphatic hydroxyl groups is 1. The number of fused-ring (bicyclic) bond motifs is 1. The summed E-state index contributed by atoms with van der Waals surface area (Å²) in [6.07, 6.45) is 2.64. The summed E-state index contributed by atoms with van der Waals surface area (Å²) in [4.78, 5) is 11.2. The number of aliphatic hydroxyl groups excluding tert-OH is 1. The predicted molar refractivity (Wildman–Crippen MR) is 76.3 cm³/mol. The van der Waals surface area contributed by atoms with E-state index < -0.39 is 5.97 Å². The van der Waals surface area contributed by atoms with Crippen molar-refractivity contribution >= 4 is 5.97 Å². The van der Waals surface area contributed by atoms with E-state index >= 15 is 0 Å². The topological polar surface area (TPSA) is 77.8 Å². The van der Waals surface area contributed by atoms with Crippen molar-refractivity contribution in [1.29, 1.82) is 0 Å². The van der Waals surface area contributed by atoms with Gasteiger partial charge in [-0.25, -0.2) is 4.79 Å². The summed E-state index contributed by atoms with van der Waals surface area (Å²) in [6, 6.07) is 3.04. The van der Waals surface area contributed by atoms with Crippen molar-refractivity contribution in [2.24, 2.45) is 5.92 Å². The average molecular weight is 278 g/mol. The van der Waals surface area contributed by atoms with Crippen LogP contribution in [-0.4, -0.2) is 27.9 Å². The number of carboxylic acid groups (broad SMARTS) is 1. The number of aromatic carboxylic acids is 1. The quantitative estimate of drug-likeness (QED) is 0.791. The summed E-state index contributed by atoms with van der Waals surface area (Å²) in [7, 11) is 0. The molecule has 0 aliphatic heterocycles. The fourth-order valence-electron chi connectivity index (χ4n) is 3.35. The van der Waals surface area contributed by atoms with Crippen LogP contribution in [0.25, 0.3) is 0 Å². The molecule has 4 heteroatoms. The fourth-order valence-corrected chi connectivity index (χ4v) is 3.35. The van der Waals surface area contributed by atoms with Gasteiger partial charge in [-0.3, -0.25) is 0 Å². The molecule has 0 aromatic heterocycles. The predicted octanol–water partition coefficient (Wildman–Crippen LogP) is 3.09. The Hall–Kier alpha value is -1.55. The molecule has 3 atom stereocenters. The first-order chi connectivity index (χ1) is 9.45. The molecular formula is C16H22O4. The van der Waals surface area contributed by atoms with Gasteiger partial charge in [0, 0.05) is 12.2 Å². The number of carbonyl (C=O) groups is 1. The van der Waals surface area contributed by atoms with Gasteiger partial charge in [-0.15, -0.1) is 0 Å². The highest BCUT2D eigenvalue weighted by Crippen LogP contribution is 2.46. The van der Waals surface area contributed by atoms with Gasteiger partial charge in [0.05, 0.1) is 5.56 Å². The fraction of sp³-hybridized carbons (Fsp3) is 0.562. The average Bonchev–Trinajstić information content (AvgIpc) is 2.38. The van der Waals surface area contributed by atoms with Crippen LogP contribution in [0.3, 0.4) is 0 Å². The molecule has 0 radical (unpaired) electrons. The normalized spacial score (nSPS) is 23.1. The van der Waals surface area contributed by atoms with Gasteiger partial charge >= 0.3 is 5.97 Å². The lowest BCUT2D eigenvalue weighted by molar-refractivity contribution is 0.0696. The highest BCUT2D eigenvalue weighted by Gasteiger charge is 2.31. The van der Waals surface area contributed by atoms with Crippen molar-refractivity contribution in [2.45, 2.75) is 44.9 Å². The third-order valence-electron chi connectivity index (χ3n) is 4.51. The Morgan fingerprint density at radius 3 is 2.70 bits per heavy atom. The molecule has 0 bridgehead atoms. The molecule has 0 heterocycles. The van der Waals surface area contributed by atoms with Gasteiger partial charge in [0.15, 0.2) is 0 Å². The van der Waals surface area contributed by atoms with Gasteiger partial charge < -0.3 is 15.3 Å².